The van der Waals surface area contributed by atoms with Crippen molar-refractivity contribution in [3.8, 4) is 0 Å². The van der Waals surface area contributed by atoms with Crippen molar-refractivity contribution in [1.82, 2.24) is 5.32 Å². The van der Waals surface area contributed by atoms with Crippen molar-refractivity contribution in [3.63, 3.8) is 0 Å². The summed E-state index contributed by atoms with van der Waals surface area (Å²) in [5, 5.41) is 15.1. The fraction of sp³-hybridized carbons (Fsp3) is 0.364. The number of aliphatic hydroxyl groups is 1. The highest BCUT2D eigenvalue weighted by molar-refractivity contribution is 9.10. The van der Waals surface area contributed by atoms with E-state index < -0.39 is 12.1 Å². The van der Waals surface area contributed by atoms with Gasteiger partial charge in [-0.15, -0.1) is 0 Å². The Morgan fingerprint density at radius 1 is 1.61 bits per heavy atom. The molecule has 0 bridgehead atoms. The summed E-state index contributed by atoms with van der Waals surface area (Å²) < 4.78 is 5.44. The third-order valence-corrected chi connectivity index (χ3v) is 3.25. The summed E-state index contributed by atoms with van der Waals surface area (Å²) >= 11 is 9.09. The third kappa shape index (κ3) is 5.22. The lowest BCUT2D eigenvalue weighted by molar-refractivity contribution is 0.0663. The van der Waals surface area contributed by atoms with Gasteiger partial charge in [0, 0.05) is 23.8 Å². The van der Waals surface area contributed by atoms with Crippen LogP contribution in [0.3, 0.4) is 0 Å². The number of carbonyl (C=O) groups is 1. The zero-order valence-corrected chi connectivity index (χ0v) is 12.1. The topological polar surface area (TPSA) is 70.6 Å². The van der Waals surface area contributed by atoms with Crippen LogP contribution >= 0.6 is 27.5 Å². The number of rotatable bonds is 5. The maximum absolute atomic E-state index is 11.5. The van der Waals surface area contributed by atoms with Crippen LogP contribution in [-0.4, -0.2) is 37.5 Å². The molecule has 0 fully saturated rings. The number of hydrogen-bond acceptors (Lipinski definition) is 3. The zero-order chi connectivity index (χ0) is 13.5. The molecule has 0 saturated heterocycles. The molecule has 7 heteroatoms. The lowest BCUT2D eigenvalue weighted by atomic mass is 10.3. The summed E-state index contributed by atoms with van der Waals surface area (Å²) in [5.41, 5.74) is 0.602. The van der Waals surface area contributed by atoms with Crippen molar-refractivity contribution in [3.05, 3.63) is 27.7 Å². The first-order valence-corrected chi connectivity index (χ1v) is 6.37. The van der Waals surface area contributed by atoms with Gasteiger partial charge in [0.25, 0.3) is 0 Å². The summed E-state index contributed by atoms with van der Waals surface area (Å²) in [4.78, 5) is 11.5. The third-order valence-electron chi connectivity index (χ3n) is 2.03. The highest BCUT2D eigenvalue weighted by atomic mass is 79.9. The van der Waals surface area contributed by atoms with Crippen LogP contribution in [0.15, 0.2) is 22.7 Å². The molecule has 0 saturated carbocycles. The molecule has 2 amide bonds. The van der Waals surface area contributed by atoms with Gasteiger partial charge in [0.15, 0.2) is 0 Å². The van der Waals surface area contributed by atoms with Crippen LogP contribution in [0, 0.1) is 0 Å². The number of urea groups is 1. The van der Waals surface area contributed by atoms with Gasteiger partial charge in [-0.05, 0) is 34.1 Å². The average Bonchev–Trinajstić information content (AvgIpc) is 2.32. The molecule has 100 valence electrons. The number of ether oxygens (including phenoxy) is 1. The maximum atomic E-state index is 11.5. The minimum absolute atomic E-state index is 0.119. The van der Waals surface area contributed by atoms with E-state index in [1.54, 1.807) is 18.2 Å². The molecule has 1 aromatic carbocycles. The van der Waals surface area contributed by atoms with Crippen LogP contribution in [0.25, 0.3) is 0 Å². The summed E-state index contributed by atoms with van der Waals surface area (Å²) in [6, 6.07) is 4.63. The van der Waals surface area contributed by atoms with Gasteiger partial charge in [-0.1, -0.05) is 11.6 Å². The molecule has 0 radical (unpaired) electrons. The number of nitrogens with one attached hydrogen (secondary N) is 2. The van der Waals surface area contributed by atoms with Gasteiger partial charge in [-0.25, -0.2) is 4.79 Å². The normalized spacial score (nSPS) is 12.0. The van der Waals surface area contributed by atoms with Crippen molar-refractivity contribution >= 4 is 39.2 Å². The number of hydrogen-bond donors (Lipinski definition) is 3. The number of carbonyl (C=O) groups excluding carboxylic acids is 1. The van der Waals surface area contributed by atoms with Gasteiger partial charge in [0.2, 0.25) is 0 Å². The molecular formula is C11H14BrClN2O3. The second-order valence-corrected chi connectivity index (χ2v) is 4.83. The van der Waals surface area contributed by atoms with E-state index >= 15 is 0 Å². The average molecular weight is 338 g/mol. The summed E-state index contributed by atoms with van der Waals surface area (Å²) in [7, 11) is 1.48. The van der Waals surface area contributed by atoms with E-state index in [1.165, 1.54) is 7.11 Å². The molecule has 0 spiro atoms. The Labute approximate surface area is 119 Å². The molecule has 0 aromatic heterocycles. The predicted molar refractivity (Wildman–Crippen MR) is 74.1 cm³/mol. The Morgan fingerprint density at radius 2 is 2.33 bits per heavy atom. The molecule has 0 aliphatic rings. The van der Waals surface area contributed by atoms with Crippen molar-refractivity contribution in [1.29, 1.82) is 0 Å². The lowest BCUT2D eigenvalue weighted by Gasteiger charge is -2.12. The zero-order valence-electron chi connectivity index (χ0n) is 9.74. The SMILES string of the molecule is COC[C@@H](O)CNC(=O)Nc1ccc(Cl)c(Br)c1. The number of halogens is 2. The molecule has 1 atom stereocenters. The van der Waals surface area contributed by atoms with Gasteiger partial charge in [0.1, 0.15) is 0 Å². The number of amides is 2. The second-order valence-electron chi connectivity index (χ2n) is 3.57. The molecule has 3 N–H and O–H groups in total. The van der Waals surface area contributed by atoms with Crippen molar-refractivity contribution < 1.29 is 14.6 Å². The fourth-order valence-electron chi connectivity index (χ4n) is 1.21. The van der Waals surface area contributed by atoms with E-state index in [0.717, 1.165) is 0 Å². The van der Waals surface area contributed by atoms with Gasteiger partial charge >= 0.3 is 6.03 Å². The quantitative estimate of drug-likeness (QED) is 0.771. The Kier molecular flexibility index (Phi) is 6.42. The summed E-state index contributed by atoms with van der Waals surface area (Å²) in [5.74, 6) is 0. The Morgan fingerprint density at radius 3 is 2.94 bits per heavy atom. The maximum Gasteiger partial charge on any atom is 0.319 e. The van der Waals surface area contributed by atoms with Gasteiger partial charge in [-0.3, -0.25) is 0 Å². The smallest absolute Gasteiger partial charge is 0.319 e. The molecule has 1 rings (SSSR count). The largest absolute Gasteiger partial charge is 0.389 e. The predicted octanol–water partition coefficient (Wildman–Crippen LogP) is 2.23. The van der Waals surface area contributed by atoms with Crippen LogP contribution in [0.4, 0.5) is 10.5 Å². The number of methoxy groups -OCH3 is 1. The first-order valence-electron chi connectivity index (χ1n) is 5.20. The molecule has 5 nitrogen and oxygen atoms in total. The van der Waals surface area contributed by atoms with Crippen LogP contribution in [0.2, 0.25) is 5.02 Å². The summed E-state index contributed by atoms with van der Waals surface area (Å²) in [6.45, 7) is 0.293. The Bertz CT molecular complexity index is 417. The van der Waals surface area contributed by atoms with Crippen LogP contribution in [-0.2, 0) is 4.74 Å². The minimum Gasteiger partial charge on any atom is -0.389 e. The standard InChI is InChI=1S/C11H14BrClN2O3/c1-18-6-8(16)5-14-11(17)15-7-2-3-10(13)9(12)4-7/h2-4,8,16H,5-6H2,1H3,(H2,14,15,17)/t8-/m0/s1. The van der Waals surface area contributed by atoms with Gasteiger partial charge in [0.05, 0.1) is 17.7 Å². The Hall–Kier alpha value is -0.820. The number of benzene rings is 1. The van der Waals surface area contributed by atoms with E-state index in [1.807, 2.05) is 0 Å². The second kappa shape index (κ2) is 7.58. The van der Waals surface area contributed by atoms with Gasteiger partial charge < -0.3 is 20.5 Å². The fourth-order valence-corrected chi connectivity index (χ4v) is 1.71. The molecule has 1 aromatic rings. The monoisotopic (exact) mass is 336 g/mol. The van der Waals surface area contributed by atoms with E-state index in [-0.39, 0.29) is 13.2 Å². The first kappa shape index (κ1) is 15.2. The lowest BCUT2D eigenvalue weighted by Crippen LogP contribution is -2.36. The highest BCUT2D eigenvalue weighted by Crippen LogP contribution is 2.25. The van der Waals surface area contributed by atoms with Crippen molar-refractivity contribution in [2.24, 2.45) is 0 Å². The number of aliphatic hydroxyl groups excluding tert-OH is 1. The van der Waals surface area contributed by atoms with Gasteiger partial charge in [-0.2, -0.15) is 0 Å². The molecule has 0 aliphatic heterocycles. The van der Waals surface area contributed by atoms with E-state index in [0.29, 0.717) is 15.2 Å². The molecule has 18 heavy (non-hydrogen) atoms. The minimum atomic E-state index is -0.724. The molecule has 0 heterocycles. The van der Waals surface area contributed by atoms with E-state index in [2.05, 4.69) is 26.6 Å². The molecule has 0 aliphatic carbocycles. The van der Waals surface area contributed by atoms with Crippen molar-refractivity contribution in [2.45, 2.75) is 6.10 Å². The molecule has 0 unspecified atom stereocenters. The molecular weight excluding hydrogens is 323 g/mol. The van der Waals surface area contributed by atoms with E-state index in [9.17, 15) is 9.90 Å². The van der Waals surface area contributed by atoms with Crippen LogP contribution in [0.5, 0.6) is 0 Å². The summed E-state index contributed by atoms with van der Waals surface area (Å²) in [6.07, 6.45) is -0.724. The van der Waals surface area contributed by atoms with Crippen LogP contribution < -0.4 is 10.6 Å². The van der Waals surface area contributed by atoms with Crippen molar-refractivity contribution in [2.75, 3.05) is 25.6 Å². The highest BCUT2D eigenvalue weighted by Gasteiger charge is 2.07. The Balaban J connectivity index is 2.42. The van der Waals surface area contributed by atoms with Crippen LogP contribution in [0.1, 0.15) is 0 Å². The first-order chi connectivity index (χ1) is 8.52. The van der Waals surface area contributed by atoms with E-state index in [4.69, 9.17) is 16.3 Å². The number of anilines is 1.